The molecule has 1 aliphatic rings. The molecule has 0 spiro atoms. The van der Waals surface area contributed by atoms with E-state index in [2.05, 4.69) is 10.1 Å². The van der Waals surface area contributed by atoms with E-state index >= 15 is 0 Å². The molecule has 0 saturated carbocycles. The molecule has 1 heterocycles. The molecule has 0 aromatic carbocycles. The Morgan fingerprint density at radius 1 is 1.57 bits per heavy atom. The van der Waals surface area contributed by atoms with E-state index in [1.165, 1.54) is 7.11 Å². The molecule has 1 saturated heterocycles. The smallest absolute Gasteiger partial charge is 0.329 e. The molecule has 0 radical (unpaired) electrons. The Balaban J connectivity index is 2.42. The molecular formula is C8H13NO5. The number of nitrogens with one attached hydrogen (secondary N) is 1. The summed E-state index contributed by atoms with van der Waals surface area (Å²) in [5.41, 5.74) is 0. The minimum atomic E-state index is -1.04. The molecule has 0 bridgehead atoms. The summed E-state index contributed by atoms with van der Waals surface area (Å²) < 4.78 is 9.58. The zero-order chi connectivity index (χ0) is 10.6. The van der Waals surface area contributed by atoms with E-state index in [4.69, 9.17) is 9.84 Å². The largest absolute Gasteiger partial charge is 0.480 e. The topological polar surface area (TPSA) is 84.9 Å². The van der Waals surface area contributed by atoms with E-state index in [-0.39, 0.29) is 6.61 Å². The van der Waals surface area contributed by atoms with E-state index in [1.807, 2.05) is 0 Å². The third-order valence-corrected chi connectivity index (χ3v) is 2.04. The average Bonchev–Trinajstić information content (AvgIpc) is 2.61. The first kappa shape index (κ1) is 10.9. The van der Waals surface area contributed by atoms with Gasteiger partial charge in [-0.05, 0) is 13.0 Å². The number of carbonyl (C=O) groups is 2. The van der Waals surface area contributed by atoms with Crippen LogP contribution in [0.4, 0.5) is 0 Å². The summed E-state index contributed by atoms with van der Waals surface area (Å²) in [6.45, 7) is 0.240. The Morgan fingerprint density at radius 3 is 2.86 bits per heavy atom. The number of carbonyl (C=O) groups excluding carboxylic acids is 1. The Labute approximate surface area is 81.2 Å². The maximum atomic E-state index is 11.2. The Kier molecular flexibility index (Phi) is 3.84. The van der Waals surface area contributed by atoms with Crippen LogP contribution in [-0.2, 0) is 19.1 Å². The first-order chi connectivity index (χ1) is 6.65. The number of rotatable bonds is 4. The molecule has 6 nitrogen and oxygen atoms in total. The lowest BCUT2D eigenvalue weighted by atomic mass is 10.2. The van der Waals surface area contributed by atoms with E-state index < -0.39 is 24.1 Å². The van der Waals surface area contributed by atoms with Crippen molar-refractivity contribution in [2.24, 2.45) is 0 Å². The quantitative estimate of drug-likeness (QED) is 0.569. The molecule has 0 unspecified atom stereocenters. The number of carboxylic acids is 1. The summed E-state index contributed by atoms with van der Waals surface area (Å²) in [5, 5.41) is 11.3. The lowest BCUT2D eigenvalue weighted by molar-refractivity contribution is -0.151. The SMILES string of the molecule is COC(=O)[C@H]1NCC[C@@H]1OCC(=O)O. The van der Waals surface area contributed by atoms with Crippen LogP contribution in [0, 0.1) is 0 Å². The van der Waals surface area contributed by atoms with Gasteiger partial charge in [0, 0.05) is 0 Å². The third-order valence-electron chi connectivity index (χ3n) is 2.04. The second-order valence-electron chi connectivity index (χ2n) is 2.99. The minimum Gasteiger partial charge on any atom is -0.480 e. The number of hydrogen-bond acceptors (Lipinski definition) is 5. The van der Waals surface area contributed by atoms with Gasteiger partial charge < -0.3 is 19.9 Å². The molecule has 0 amide bonds. The van der Waals surface area contributed by atoms with Crippen LogP contribution in [0.2, 0.25) is 0 Å². The second-order valence-corrected chi connectivity index (χ2v) is 2.99. The van der Waals surface area contributed by atoms with Crippen LogP contribution in [0.5, 0.6) is 0 Å². The van der Waals surface area contributed by atoms with Gasteiger partial charge in [-0.3, -0.25) is 4.79 Å². The van der Waals surface area contributed by atoms with Gasteiger partial charge in [-0.2, -0.15) is 0 Å². The fourth-order valence-electron chi connectivity index (χ4n) is 1.40. The summed E-state index contributed by atoms with van der Waals surface area (Å²) in [5.74, 6) is -1.46. The van der Waals surface area contributed by atoms with E-state index in [0.29, 0.717) is 13.0 Å². The first-order valence-electron chi connectivity index (χ1n) is 4.29. The molecule has 1 aliphatic heterocycles. The molecular weight excluding hydrogens is 190 g/mol. The lowest BCUT2D eigenvalue weighted by Gasteiger charge is -2.16. The van der Waals surface area contributed by atoms with Crippen molar-refractivity contribution in [2.75, 3.05) is 20.3 Å². The highest BCUT2D eigenvalue weighted by Crippen LogP contribution is 2.12. The molecule has 1 fully saturated rings. The van der Waals surface area contributed by atoms with Crippen molar-refractivity contribution >= 4 is 11.9 Å². The van der Waals surface area contributed by atoms with E-state index in [9.17, 15) is 9.59 Å². The second kappa shape index (κ2) is 4.92. The number of methoxy groups -OCH3 is 1. The van der Waals surface area contributed by atoms with E-state index in [1.54, 1.807) is 0 Å². The molecule has 14 heavy (non-hydrogen) atoms. The lowest BCUT2D eigenvalue weighted by Crippen LogP contribution is -2.41. The predicted molar refractivity (Wildman–Crippen MR) is 45.8 cm³/mol. The van der Waals surface area contributed by atoms with Crippen molar-refractivity contribution in [3.63, 3.8) is 0 Å². The molecule has 0 aromatic heterocycles. The molecule has 0 aromatic rings. The third kappa shape index (κ3) is 2.68. The van der Waals surface area contributed by atoms with Crippen molar-refractivity contribution in [3.8, 4) is 0 Å². The number of carboxylic acid groups (broad SMARTS) is 1. The van der Waals surface area contributed by atoms with Crippen molar-refractivity contribution < 1.29 is 24.2 Å². The number of hydrogen-bond donors (Lipinski definition) is 2. The maximum Gasteiger partial charge on any atom is 0.329 e. The number of aliphatic carboxylic acids is 1. The van der Waals surface area contributed by atoms with Crippen LogP contribution in [-0.4, -0.2) is 49.5 Å². The summed E-state index contributed by atoms with van der Waals surface area (Å²) in [4.78, 5) is 21.4. The highest BCUT2D eigenvalue weighted by atomic mass is 16.5. The molecule has 6 heteroatoms. The van der Waals surface area contributed by atoms with Gasteiger partial charge in [-0.1, -0.05) is 0 Å². The summed E-state index contributed by atoms with van der Waals surface area (Å²) >= 11 is 0. The van der Waals surface area contributed by atoms with Crippen LogP contribution in [0.15, 0.2) is 0 Å². The van der Waals surface area contributed by atoms with Gasteiger partial charge in [0.15, 0.2) is 0 Å². The Hall–Kier alpha value is -1.14. The molecule has 80 valence electrons. The van der Waals surface area contributed by atoms with Gasteiger partial charge in [-0.25, -0.2) is 4.79 Å². The normalized spacial score (nSPS) is 26.1. The Bertz CT molecular complexity index is 230. The van der Waals surface area contributed by atoms with Crippen LogP contribution in [0.25, 0.3) is 0 Å². The minimum absolute atomic E-state index is 0.389. The molecule has 0 aliphatic carbocycles. The average molecular weight is 203 g/mol. The van der Waals surface area contributed by atoms with Gasteiger partial charge in [0.25, 0.3) is 0 Å². The Morgan fingerprint density at radius 2 is 2.29 bits per heavy atom. The first-order valence-corrected chi connectivity index (χ1v) is 4.29. The van der Waals surface area contributed by atoms with Gasteiger partial charge in [0.2, 0.25) is 0 Å². The highest BCUT2D eigenvalue weighted by Gasteiger charge is 2.34. The molecule has 2 N–H and O–H groups in total. The van der Waals surface area contributed by atoms with Crippen molar-refractivity contribution in [3.05, 3.63) is 0 Å². The molecule has 1 rings (SSSR count). The zero-order valence-electron chi connectivity index (χ0n) is 7.86. The monoisotopic (exact) mass is 203 g/mol. The molecule has 2 atom stereocenters. The fourth-order valence-corrected chi connectivity index (χ4v) is 1.40. The standard InChI is InChI=1S/C8H13NO5/c1-13-8(12)7-5(2-3-9-7)14-4-6(10)11/h5,7,9H,2-4H2,1H3,(H,10,11)/t5-,7-/m0/s1. The van der Waals surface area contributed by atoms with Crippen LogP contribution >= 0.6 is 0 Å². The predicted octanol–water partition coefficient (Wildman–Crippen LogP) is -1.01. The van der Waals surface area contributed by atoms with Gasteiger partial charge >= 0.3 is 11.9 Å². The highest BCUT2D eigenvalue weighted by molar-refractivity contribution is 5.77. The van der Waals surface area contributed by atoms with Gasteiger partial charge in [0.05, 0.1) is 13.2 Å². The van der Waals surface area contributed by atoms with Crippen LogP contribution in [0.1, 0.15) is 6.42 Å². The fraction of sp³-hybridized carbons (Fsp3) is 0.750. The number of esters is 1. The van der Waals surface area contributed by atoms with Gasteiger partial charge in [-0.15, -0.1) is 0 Å². The van der Waals surface area contributed by atoms with Crippen molar-refractivity contribution in [1.82, 2.24) is 5.32 Å². The van der Waals surface area contributed by atoms with Crippen LogP contribution < -0.4 is 5.32 Å². The summed E-state index contributed by atoms with van der Waals surface area (Å²) in [7, 11) is 1.29. The summed E-state index contributed by atoms with van der Waals surface area (Å²) in [6.07, 6.45) is 0.214. The van der Waals surface area contributed by atoms with Crippen molar-refractivity contribution in [1.29, 1.82) is 0 Å². The van der Waals surface area contributed by atoms with Crippen LogP contribution in [0.3, 0.4) is 0 Å². The zero-order valence-corrected chi connectivity index (χ0v) is 7.86. The number of ether oxygens (including phenoxy) is 2. The van der Waals surface area contributed by atoms with Gasteiger partial charge in [0.1, 0.15) is 12.6 Å². The van der Waals surface area contributed by atoms with Crippen molar-refractivity contribution in [2.45, 2.75) is 18.6 Å². The van der Waals surface area contributed by atoms with E-state index in [0.717, 1.165) is 0 Å². The summed E-state index contributed by atoms with van der Waals surface area (Å²) in [6, 6.07) is -0.542. The maximum absolute atomic E-state index is 11.2.